The molecule has 0 saturated carbocycles. The van der Waals surface area contributed by atoms with Crippen LogP contribution in [0.3, 0.4) is 0 Å². The molecule has 0 aromatic heterocycles. The molecular formula is C20H16BrN3O2S. The number of hydrogen-bond donors (Lipinski definition) is 1. The standard InChI is InChI=1S/C20H16BrN3O2S/c21-16-10-8-15(9-11-16)17(25)13-18-19(26)23-20(27-18)24-22-12-4-7-14-5-2-1-3-6-14/h1-12,18H,13H2,(H,23,24,26)/b7-4+,22-12+. The molecule has 0 aliphatic carbocycles. The molecular weight excluding hydrogens is 426 g/mol. The molecule has 1 saturated heterocycles. The lowest BCUT2D eigenvalue weighted by Gasteiger charge is -2.04. The topological polar surface area (TPSA) is 70.9 Å². The summed E-state index contributed by atoms with van der Waals surface area (Å²) in [6.07, 6.45) is 5.35. The molecule has 27 heavy (non-hydrogen) atoms. The lowest BCUT2D eigenvalue weighted by Crippen LogP contribution is -2.26. The van der Waals surface area contributed by atoms with E-state index in [0.717, 1.165) is 10.0 Å². The molecule has 7 heteroatoms. The Morgan fingerprint density at radius 1 is 1.15 bits per heavy atom. The molecule has 1 unspecified atom stereocenters. The van der Waals surface area contributed by atoms with Crippen molar-refractivity contribution < 1.29 is 9.59 Å². The van der Waals surface area contributed by atoms with E-state index in [-0.39, 0.29) is 18.1 Å². The van der Waals surface area contributed by atoms with Gasteiger partial charge in [0.25, 0.3) is 0 Å². The summed E-state index contributed by atoms with van der Waals surface area (Å²) in [6, 6.07) is 16.9. The van der Waals surface area contributed by atoms with Crippen molar-refractivity contribution in [1.29, 1.82) is 0 Å². The molecule has 3 rings (SSSR count). The molecule has 2 aromatic rings. The predicted octanol–water partition coefficient (Wildman–Crippen LogP) is 4.31. The molecule has 0 bridgehead atoms. The molecule has 1 heterocycles. The van der Waals surface area contributed by atoms with Crippen LogP contribution in [0.4, 0.5) is 0 Å². The maximum atomic E-state index is 12.3. The third-order valence-corrected chi connectivity index (χ3v) is 5.30. The van der Waals surface area contributed by atoms with Gasteiger partial charge in [0.05, 0.1) is 5.25 Å². The first-order valence-corrected chi connectivity index (χ1v) is 9.88. The summed E-state index contributed by atoms with van der Waals surface area (Å²) in [5.74, 6) is -0.301. The predicted molar refractivity (Wildman–Crippen MR) is 114 cm³/mol. The Morgan fingerprint density at radius 2 is 1.89 bits per heavy atom. The minimum atomic E-state index is -0.491. The Bertz CT molecular complexity index is 909. The second-order valence-electron chi connectivity index (χ2n) is 5.67. The number of carbonyl (C=O) groups excluding carboxylic acids is 2. The summed E-state index contributed by atoms with van der Waals surface area (Å²) in [7, 11) is 0. The summed E-state index contributed by atoms with van der Waals surface area (Å²) in [5.41, 5.74) is 1.65. The van der Waals surface area contributed by atoms with Crippen molar-refractivity contribution in [3.8, 4) is 0 Å². The fourth-order valence-electron chi connectivity index (χ4n) is 2.35. The molecule has 0 spiro atoms. The summed E-state index contributed by atoms with van der Waals surface area (Å²) in [4.78, 5) is 24.4. The largest absolute Gasteiger partial charge is 0.303 e. The van der Waals surface area contributed by atoms with Crippen molar-refractivity contribution >= 4 is 56.8 Å². The highest BCUT2D eigenvalue weighted by Crippen LogP contribution is 2.24. The van der Waals surface area contributed by atoms with Crippen LogP contribution in [0.25, 0.3) is 6.08 Å². The van der Waals surface area contributed by atoms with Crippen LogP contribution in [0.1, 0.15) is 22.3 Å². The number of thioether (sulfide) groups is 1. The second-order valence-corrected chi connectivity index (χ2v) is 7.78. The number of ketones is 1. The number of nitrogens with one attached hydrogen (secondary N) is 1. The van der Waals surface area contributed by atoms with Gasteiger partial charge in [-0.25, -0.2) is 0 Å². The molecule has 1 N–H and O–H groups in total. The highest BCUT2D eigenvalue weighted by Gasteiger charge is 2.32. The van der Waals surface area contributed by atoms with Gasteiger partial charge in [0.1, 0.15) is 0 Å². The average molecular weight is 442 g/mol. The molecule has 1 amide bonds. The summed E-state index contributed by atoms with van der Waals surface area (Å²) >= 11 is 4.56. The van der Waals surface area contributed by atoms with Crippen molar-refractivity contribution in [3.63, 3.8) is 0 Å². The zero-order valence-electron chi connectivity index (χ0n) is 14.2. The minimum Gasteiger partial charge on any atom is -0.303 e. The average Bonchev–Trinajstić information content (AvgIpc) is 3.02. The Hall–Kier alpha value is -2.51. The molecule has 1 atom stereocenters. The number of rotatable bonds is 6. The first-order chi connectivity index (χ1) is 13.1. The van der Waals surface area contributed by atoms with Crippen LogP contribution in [0.5, 0.6) is 0 Å². The Labute approximate surface area is 169 Å². The van der Waals surface area contributed by atoms with Gasteiger partial charge in [-0.05, 0) is 23.8 Å². The smallest absolute Gasteiger partial charge is 0.240 e. The van der Waals surface area contributed by atoms with Gasteiger partial charge in [0.2, 0.25) is 5.91 Å². The minimum absolute atomic E-state index is 0.0781. The number of hydrogen-bond acceptors (Lipinski definition) is 5. The number of amides is 1. The van der Waals surface area contributed by atoms with E-state index in [4.69, 9.17) is 0 Å². The van der Waals surface area contributed by atoms with Crippen LogP contribution in [-0.2, 0) is 4.79 Å². The van der Waals surface area contributed by atoms with E-state index in [2.05, 4.69) is 31.4 Å². The maximum absolute atomic E-state index is 12.3. The molecule has 1 aliphatic heterocycles. The van der Waals surface area contributed by atoms with Gasteiger partial charge in [-0.15, -0.1) is 5.10 Å². The Kier molecular flexibility index (Phi) is 6.73. The Morgan fingerprint density at radius 3 is 2.63 bits per heavy atom. The van der Waals surface area contributed by atoms with E-state index in [1.807, 2.05) is 36.4 Å². The van der Waals surface area contributed by atoms with Crippen LogP contribution >= 0.6 is 27.7 Å². The van der Waals surface area contributed by atoms with Crippen molar-refractivity contribution in [2.75, 3.05) is 0 Å². The van der Waals surface area contributed by atoms with E-state index >= 15 is 0 Å². The van der Waals surface area contributed by atoms with Crippen LogP contribution in [0.15, 0.2) is 75.3 Å². The maximum Gasteiger partial charge on any atom is 0.240 e. The van der Waals surface area contributed by atoms with E-state index in [9.17, 15) is 9.59 Å². The zero-order chi connectivity index (χ0) is 19.1. The second kappa shape index (κ2) is 9.43. The highest BCUT2D eigenvalue weighted by atomic mass is 79.9. The van der Waals surface area contributed by atoms with E-state index in [0.29, 0.717) is 10.7 Å². The van der Waals surface area contributed by atoms with Crippen molar-refractivity contribution in [1.82, 2.24) is 5.32 Å². The van der Waals surface area contributed by atoms with Crippen molar-refractivity contribution in [2.45, 2.75) is 11.7 Å². The number of amidine groups is 1. The lowest BCUT2D eigenvalue weighted by molar-refractivity contribution is -0.118. The first kappa shape index (κ1) is 19.3. The number of nitrogens with zero attached hydrogens (tertiary/aromatic N) is 2. The number of carbonyl (C=O) groups is 2. The zero-order valence-corrected chi connectivity index (χ0v) is 16.6. The van der Waals surface area contributed by atoms with Gasteiger partial charge in [-0.1, -0.05) is 76.2 Å². The fourth-order valence-corrected chi connectivity index (χ4v) is 3.54. The van der Waals surface area contributed by atoms with Crippen molar-refractivity contribution in [3.05, 3.63) is 76.3 Å². The van der Waals surface area contributed by atoms with Crippen LogP contribution in [0.2, 0.25) is 0 Å². The number of allylic oxidation sites excluding steroid dienone is 1. The third kappa shape index (κ3) is 5.74. The highest BCUT2D eigenvalue weighted by molar-refractivity contribution is 9.10. The molecule has 1 fully saturated rings. The third-order valence-electron chi connectivity index (χ3n) is 3.70. The monoisotopic (exact) mass is 441 g/mol. The molecule has 1 aliphatic rings. The fraction of sp³-hybridized carbons (Fsp3) is 0.100. The molecule has 0 radical (unpaired) electrons. The van der Waals surface area contributed by atoms with Gasteiger partial charge in [0, 0.05) is 22.7 Å². The molecule has 2 aromatic carbocycles. The number of Topliss-reactive ketones (excluding diaryl/α,β-unsaturated/α-hetero) is 1. The van der Waals surface area contributed by atoms with Gasteiger partial charge < -0.3 is 5.32 Å². The SMILES string of the molecule is O=C(CC1S/C(=N/N=C/C=C/c2ccccc2)NC1=O)c1ccc(Br)cc1. The van der Waals surface area contributed by atoms with Gasteiger partial charge in [-0.3, -0.25) is 9.59 Å². The van der Waals surface area contributed by atoms with E-state index < -0.39 is 5.25 Å². The van der Waals surface area contributed by atoms with Crippen LogP contribution in [-0.4, -0.2) is 28.3 Å². The lowest BCUT2D eigenvalue weighted by atomic mass is 10.1. The number of benzene rings is 2. The summed E-state index contributed by atoms with van der Waals surface area (Å²) in [5, 5.41) is 10.5. The van der Waals surface area contributed by atoms with Crippen molar-refractivity contribution in [2.24, 2.45) is 10.2 Å². The van der Waals surface area contributed by atoms with E-state index in [1.165, 1.54) is 11.8 Å². The summed E-state index contributed by atoms with van der Waals surface area (Å²) < 4.78 is 0.903. The van der Waals surface area contributed by atoms with E-state index in [1.54, 1.807) is 36.6 Å². The normalized spacial score (nSPS) is 18.5. The quantitative estimate of drug-likeness (QED) is 0.412. The van der Waals surface area contributed by atoms with Gasteiger partial charge in [-0.2, -0.15) is 5.10 Å². The van der Waals surface area contributed by atoms with Crippen LogP contribution < -0.4 is 5.32 Å². The Balaban J connectivity index is 1.54. The summed E-state index contributed by atoms with van der Waals surface area (Å²) in [6.45, 7) is 0. The van der Waals surface area contributed by atoms with Crippen LogP contribution in [0, 0.1) is 0 Å². The molecule has 136 valence electrons. The molecule has 5 nitrogen and oxygen atoms in total. The first-order valence-electron chi connectivity index (χ1n) is 8.21. The number of halogens is 1. The van der Waals surface area contributed by atoms with Gasteiger partial charge in [0.15, 0.2) is 11.0 Å². The van der Waals surface area contributed by atoms with Gasteiger partial charge >= 0.3 is 0 Å².